The van der Waals surface area contributed by atoms with Gasteiger partial charge in [-0.05, 0) is 23.3 Å². The van der Waals surface area contributed by atoms with E-state index in [1.165, 1.54) is 18.2 Å². The van der Waals surface area contributed by atoms with Gasteiger partial charge in [-0.1, -0.05) is 6.07 Å². The molecule has 0 saturated carbocycles. The van der Waals surface area contributed by atoms with Gasteiger partial charge in [-0.2, -0.15) is 0 Å². The summed E-state index contributed by atoms with van der Waals surface area (Å²) >= 11 is 0. The average molecular weight is 239 g/mol. The van der Waals surface area contributed by atoms with E-state index in [-0.39, 0.29) is 13.0 Å². The van der Waals surface area contributed by atoms with Gasteiger partial charge in [-0.3, -0.25) is 4.90 Å². The highest BCUT2D eigenvalue weighted by atomic mass is 19.1. The predicted octanol–water partition coefficient (Wildman–Crippen LogP) is 1.32. The van der Waals surface area contributed by atoms with E-state index >= 15 is 0 Å². The van der Waals surface area contributed by atoms with Crippen LogP contribution in [-0.2, 0) is 17.8 Å². The Morgan fingerprint density at radius 1 is 1.29 bits per heavy atom. The highest BCUT2D eigenvalue weighted by Crippen LogP contribution is 2.24. The Morgan fingerprint density at radius 3 is 2.59 bits per heavy atom. The summed E-state index contributed by atoms with van der Waals surface area (Å²) in [5, 5.41) is 17.9. The lowest BCUT2D eigenvalue weighted by molar-refractivity contribution is -0.143. The topological polar surface area (TPSA) is 77.8 Å². The summed E-state index contributed by atoms with van der Waals surface area (Å²) in [6.07, 6.45) is -1.25. The standard InChI is InChI=1S/C11H10FNO4/c12-8-2-1-6-4-9(10(14)15)13(11(16)17)5-7(6)3-8/h1-3,9H,4-5H2,(H,14,15)(H,16,17)/t9-/m0/s1. The number of amides is 1. The van der Waals surface area contributed by atoms with Gasteiger partial charge in [0.1, 0.15) is 11.9 Å². The predicted molar refractivity (Wildman–Crippen MR) is 55.1 cm³/mol. The number of hydrogen-bond donors (Lipinski definition) is 2. The number of carboxylic acid groups (broad SMARTS) is 2. The first-order valence-electron chi connectivity index (χ1n) is 4.98. The van der Waals surface area contributed by atoms with Gasteiger partial charge in [-0.15, -0.1) is 0 Å². The summed E-state index contributed by atoms with van der Waals surface area (Å²) in [5.41, 5.74) is 1.20. The van der Waals surface area contributed by atoms with Crippen molar-refractivity contribution in [2.24, 2.45) is 0 Å². The van der Waals surface area contributed by atoms with Gasteiger partial charge in [0.2, 0.25) is 0 Å². The fraction of sp³-hybridized carbons (Fsp3) is 0.273. The number of rotatable bonds is 1. The fourth-order valence-corrected chi connectivity index (χ4v) is 1.97. The van der Waals surface area contributed by atoms with E-state index in [4.69, 9.17) is 10.2 Å². The largest absolute Gasteiger partial charge is 0.480 e. The minimum Gasteiger partial charge on any atom is -0.480 e. The molecule has 0 spiro atoms. The zero-order chi connectivity index (χ0) is 12.6. The SMILES string of the molecule is O=C(O)[C@@H]1Cc2ccc(F)cc2CN1C(=O)O. The molecule has 1 aromatic carbocycles. The lowest BCUT2D eigenvalue weighted by atomic mass is 9.94. The molecule has 6 heteroatoms. The van der Waals surface area contributed by atoms with Crippen molar-refractivity contribution in [2.75, 3.05) is 0 Å². The maximum absolute atomic E-state index is 13.0. The smallest absolute Gasteiger partial charge is 0.408 e. The molecular weight excluding hydrogens is 229 g/mol. The molecule has 1 aromatic rings. The van der Waals surface area contributed by atoms with Crippen molar-refractivity contribution in [3.05, 3.63) is 35.1 Å². The maximum atomic E-state index is 13.0. The second-order valence-corrected chi connectivity index (χ2v) is 3.88. The lowest BCUT2D eigenvalue weighted by Crippen LogP contribution is -2.48. The Balaban J connectivity index is 2.39. The number of carboxylic acids is 1. The van der Waals surface area contributed by atoms with Gasteiger partial charge in [-0.25, -0.2) is 14.0 Å². The Morgan fingerprint density at radius 2 is 2.00 bits per heavy atom. The highest BCUT2D eigenvalue weighted by molar-refractivity contribution is 5.80. The van der Waals surface area contributed by atoms with Crippen molar-refractivity contribution in [2.45, 2.75) is 19.0 Å². The number of carbonyl (C=O) groups is 2. The fourth-order valence-electron chi connectivity index (χ4n) is 1.97. The van der Waals surface area contributed by atoms with Gasteiger partial charge < -0.3 is 10.2 Å². The molecular formula is C11H10FNO4. The number of hydrogen-bond acceptors (Lipinski definition) is 2. The van der Waals surface area contributed by atoms with E-state index in [2.05, 4.69) is 0 Å². The van der Waals surface area contributed by atoms with Gasteiger partial charge in [0, 0.05) is 6.42 Å². The first-order chi connectivity index (χ1) is 7.99. The van der Waals surface area contributed by atoms with Crippen molar-refractivity contribution < 1.29 is 24.2 Å². The summed E-state index contributed by atoms with van der Waals surface area (Å²) < 4.78 is 13.0. The first-order valence-corrected chi connectivity index (χ1v) is 4.98. The number of fused-ring (bicyclic) bond motifs is 1. The van der Waals surface area contributed by atoms with Crippen LogP contribution in [-0.4, -0.2) is 33.2 Å². The molecule has 0 aliphatic carbocycles. The minimum atomic E-state index is -1.31. The van der Waals surface area contributed by atoms with E-state index in [0.717, 1.165) is 4.90 Å². The van der Waals surface area contributed by atoms with Crippen LogP contribution in [0.25, 0.3) is 0 Å². The molecule has 2 N–H and O–H groups in total. The molecule has 0 bridgehead atoms. The van der Waals surface area contributed by atoms with E-state index in [1.54, 1.807) is 0 Å². The van der Waals surface area contributed by atoms with E-state index in [0.29, 0.717) is 11.1 Å². The molecule has 17 heavy (non-hydrogen) atoms. The molecule has 1 aliphatic rings. The summed E-state index contributed by atoms with van der Waals surface area (Å²) in [5.74, 6) is -1.65. The molecule has 2 rings (SSSR count). The van der Waals surface area contributed by atoms with Crippen molar-refractivity contribution in [3.8, 4) is 0 Å². The molecule has 1 heterocycles. The van der Waals surface area contributed by atoms with Crippen LogP contribution < -0.4 is 0 Å². The van der Waals surface area contributed by atoms with Gasteiger partial charge >= 0.3 is 12.1 Å². The molecule has 1 aliphatic heterocycles. The van der Waals surface area contributed by atoms with Crippen LogP contribution in [0.3, 0.4) is 0 Å². The van der Waals surface area contributed by atoms with Crippen LogP contribution in [0.2, 0.25) is 0 Å². The van der Waals surface area contributed by atoms with Gasteiger partial charge in [0.05, 0.1) is 6.54 Å². The average Bonchev–Trinajstić information content (AvgIpc) is 2.26. The van der Waals surface area contributed by atoms with Crippen molar-refractivity contribution in [1.82, 2.24) is 4.90 Å². The Bertz CT molecular complexity index is 488. The van der Waals surface area contributed by atoms with Crippen LogP contribution in [0.4, 0.5) is 9.18 Å². The molecule has 1 amide bonds. The molecule has 0 unspecified atom stereocenters. The quantitative estimate of drug-likeness (QED) is 0.774. The first kappa shape index (κ1) is 11.4. The molecule has 90 valence electrons. The summed E-state index contributed by atoms with van der Waals surface area (Å²) in [7, 11) is 0. The second kappa shape index (κ2) is 4.04. The van der Waals surface area contributed by atoms with Crippen molar-refractivity contribution in [3.63, 3.8) is 0 Å². The van der Waals surface area contributed by atoms with Crippen molar-refractivity contribution in [1.29, 1.82) is 0 Å². The van der Waals surface area contributed by atoms with E-state index in [9.17, 15) is 14.0 Å². The Hall–Kier alpha value is -2.11. The number of nitrogens with zero attached hydrogens (tertiary/aromatic N) is 1. The second-order valence-electron chi connectivity index (χ2n) is 3.88. The molecule has 0 aromatic heterocycles. The summed E-state index contributed by atoms with van der Waals surface area (Å²) in [4.78, 5) is 22.7. The molecule has 0 radical (unpaired) electrons. The third-order valence-electron chi connectivity index (χ3n) is 2.83. The Kier molecular flexibility index (Phi) is 2.71. The number of aliphatic carboxylic acids is 1. The minimum absolute atomic E-state index is 0.0667. The van der Waals surface area contributed by atoms with E-state index in [1.807, 2.05) is 0 Å². The number of halogens is 1. The van der Waals surface area contributed by atoms with Crippen LogP contribution >= 0.6 is 0 Å². The highest BCUT2D eigenvalue weighted by Gasteiger charge is 2.34. The molecule has 0 fully saturated rings. The maximum Gasteiger partial charge on any atom is 0.408 e. The normalized spacial score (nSPS) is 18.6. The van der Waals surface area contributed by atoms with Gasteiger partial charge in [0.15, 0.2) is 0 Å². The Labute approximate surface area is 96.1 Å². The lowest BCUT2D eigenvalue weighted by Gasteiger charge is -2.32. The molecule has 1 atom stereocenters. The van der Waals surface area contributed by atoms with Crippen LogP contribution in [0.15, 0.2) is 18.2 Å². The third-order valence-corrected chi connectivity index (χ3v) is 2.83. The molecule has 0 saturated heterocycles. The van der Waals surface area contributed by atoms with Crippen LogP contribution in [0.5, 0.6) is 0 Å². The zero-order valence-corrected chi connectivity index (χ0v) is 8.76. The van der Waals surface area contributed by atoms with Crippen LogP contribution in [0, 0.1) is 5.82 Å². The number of benzene rings is 1. The zero-order valence-electron chi connectivity index (χ0n) is 8.76. The third kappa shape index (κ3) is 2.06. The van der Waals surface area contributed by atoms with Crippen LogP contribution in [0.1, 0.15) is 11.1 Å². The van der Waals surface area contributed by atoms with Gasteiger partial charge in [0.25, 0.3) is 0 Å². The summed E-state index contributed by atoms with van der Waals surface area (Å²) in [6.45, 7) is -0.0978. The summed E-state index contributed by atoms with van der Waals surface area (Å²) in [6, 6.07) is 2.88. The monoisotopic (exact) mass is 239 g/mol. The van der Waals surface area contributed by atoms with Crippen molar-refractivity contribution >= 4 is 12.1 Å². The molecule has 5 nitrogen and oxygen atoms in total. The van der Waals surface area contributed by atoms with E-state index < -0.39 is 23.9 Å².